The molecule has 2 amide bonds. The molecule has 132 valence electrons. The van der Waals surface area contributed by atoms with E-state index in [1.807, 2.05) is 6.92 Å². The number of carbonyl (C=O) groups excluding carboxylic acids is 2. The summed E-state index contributed by atoms with van der Waals surface area (Å²) >= 11 is 0. The minimum absolute atomic E-state index is 0.317. The third-order valence-electron chi connectivity index (χ3n) is 3.96. The molecule has 0 radical (unpaired) electrons. The summed E-state index contributed by atoms with van der Waals surface area (Å²) in [4.78, 5) is 25.6. The monoisotopic (exact) mass is 342 g/mol. The van der Waals surface area contributed by atoms with Crippen LogP contribution in [0, 0.1) is 11.6 Å². The van der Waals surface area contributed by atoms with Crippen molar-refractivity contribution < 1.29 is 28.6 Å². The van der Waals surface area contributed by atoms with E-state index in [4.69, 9.17) is 0 Å². The number of amides is 2. The van der Waals surface area contributed by atoms with Gasteiger partial charge in [-0.05, 0) is 18.6 Å². The third-order valence-corrected chi connectivity index (χ3v) is 3.96. The average Bonchev–Trinajstić information content (AvgIpc) is 2.82. The highest BCUT2D eigenvalue weighted by Gasteiger charge is 2.46. The number of carbonyl (C=O) groups is 2. The van der Waals surface area contributed by atoms with Gasteiger partial charge in [-0.15, -0.1) is 0 Å². The first-order valence-corrected chi connectivity index (χ1v) is 7.76. The van der Waals surface area contributed by atoms with Crippen molar-refractivity contribution >= 4 is 11.8 Å². The smallest absolute Gasteiger partial charge is 0.257 e. The Bertz CT molecular complexity index is 626. The van der Waals surface area contributed by atoms with Gasteiger partial charge in [0.25, 0.3) is 5.91 Å². The largest absolute Gasteiger partial charge is 0.388 e. The van der Waals surface area contributed by atoms with Crippen molar-refractivity contribution in [1.29, 1.82) is 0 Å². The zero-order valence-corrected chi connectivity index (χ0v) is 13.2. The van der Waals surface area contributed by atoms with Crippen LogP contribution in [0.4, 0.5) is 8.78 Å². The number of nitrogens with one attached hydrogen (secondary N) is 1. The van der Waals surface area contributed by atoms with Crippen LogP contribution >= 0.6 is 0 Å². The van der Waals surface area contributed by atoms with Gasteiger partial charge in [0.1, 0.15) is 29.9 Å². The number of hydrogen-bond acceptors (Lipinski definition) is 4. The first kappa shape index (κ1) is 18.3. The Morgan fingerprint density at radius 1 is 1.33 bits per heavy atom. The quantitative estimate of drug-likeness (QED) is 0.677. The maximum Gasteiger partial charge on any atom is 0.257 e. The van der Waals surface area contributed by atoms with Gasteiger partial charge in [-0.25, -0.2) is 8.78 Å². The predicted octanol–water partition coefficient (Wildman–Crippen LogP) is 0.427. The molecule has 3 atom stereocenters. The lowest BCUT2D eigenvalue weighted by Crippen LogP contribution is -2.50. The summed E-state index contributed by atoms with van der Waals surface area (Å²) < 4.78 is 26.8. The normalized spacial score (nSPS) is 23.4. The summed E-state index contributed by atoms with van der Waals surface area (Å²) in [7, 11) is 0. The van der Waals surface area contributed by atoms with E-state index >= 15 is 0 Å². The fourth-order valence-corrected chi connectivity index (χ4v) is 2.63. The van der Waals surface area contributed by atoms with Gasteiger partial charge >= 0.3 is 0 Å². The zero-order chi connectivity index (χ0) is 17.9. The van der Waals surface area contributed by atoms with Gasteiger partial charge in [0.2, 0.25) is 5.91 Å². The summed E-state index contributed by atoms with van der Waals surface area (Å²) in [5, 5.41) is 22.4. The van der Waals surface area contributed by atoms with E-state index in [0.29, 0.717) is 12.6 Å². The number of aliphatic hydroxyl groups is 2. The van der Waals surface area contributed by atoms with Crippen molar-refractivity contribution in [1.82, 2.24) is 10.2 Å². The average molecular weight is 342 g/mol. The fourth-order valence-electron chi connectivity index (χ4n) is 2.63. The van der Waals surface area contributed by atoms with Crippen molar-refractivity contribution in [3.63, 3.8) is 0 Å². The number of aliphatic hydroxyl groups excluding tert-OH is 2. The van der Waals surface area contributed by atoms with Crippen LogP contribution in [0.25, 0.3) is 0 Å². The molecule has 1 saturated heterocycles. The number of rotatable bonds is 5. The summed E-state index contributed by atoms with van der Waals surface area (Å²) in [6, 6.07) is 1.13. The molecule has 24 heavy (non-hydrogen) atoms. The highest BCUT2D eigenvalue weighted by molar-refractivity contribution is 5.98. The Morgan fingerprint density at radius 3 is 2.67 bits per heavy atom. The summed E-state index contributed by atoms with van der Waals surface area (Å²) in [5.41, 5.74) is -0.427. The molecule has 0 aromatic heterocycles. The van der Waals surface area contributed by atoms with Crippen LogP contribution in [0.5, 0.6) is 0 Å². The molecule has 2 rings (SSSR count). The van der Waals surface area contributed by atoms with Crippen molar-refractivity contribution in [2.45, 2.75) is 38.0 Å². The van der Waals surface area contributed by atoms with E-state index in [0.717, 1.165) is 29.9 Å². The van der Waals surface area contributed by atoms with Gasteiger partial charge in [-0.2, -0.15) is 0 Å². The number of unbranched alkanes of at least 4 members (excludes halogenated alkanes) is 1. The molecule has 1 aliphatic heterocycles. The van der Waals surface area contributed by atoms with Crippen LogP contribution < -0.4 is 5.32 Å². The Kier molecular flexibility index (Phi) is 5.84. The topological polar surface area (TPSA) is 89.9 Å². The van der Waals surface area contributed by atoms with Crippen LogP contribution in [0.3, 0.4) is 0 Å². The molecule has 8 heteroatoms. The highest BCUT2D eigenvalue weighted by atomic mass is 19.1. The molecule has 0 spiro atoms. The molecule has 0 unspecified atom stereocenters. The van der Waals surface area contributed by atoms with Gasteiger partial charge < -0.3 is 20.4 Å². The predicted molar refractivity (Wildman–Crippen MR) is 81.1 cm³/mol. The van der Waals surface area contributed by atoms with E-state index in [-0.39, 0.29) is 6.54 Å². The standard InChI is InChI=1S/C16H20F2N2O4/c1-2-3-6-19-15(23)13-14(22)12(21)8-20(13)16(24)10-5-4-9(17)7-11(10)18/h4-5,7,12-14,21-22H,2-3,6,8H2,1H3,(H,19,23)/t12-,13-,14-/m0/s1. The maximum atomic E-state index is 13.8. The van der Waals surface area contributed by atoms with Crippen LogP contribution in [-0.4, -0.2) is 58.3 Å². The molecule has 0 aliphatic carbocycles. The Balaban J connectivity index is 2.22. The minimum Gasteiger partial charge on any atom is -0.388 e. The van der Waals surface area contributed by atoms with Crippen molar-refractivity contribution in [2.24, 2.45) is 0 Å². The number of halogens is 2. The fraction of sp³-hybridized carbons (Fsp3) is 0.500. The second-order valence-corrected chi connectivity index (χ2v) is 5.73. The lowest BCUT2D eigenvalue weighted by Gasteiger charge is -2.25. The molecule has 1 fully saturated rings. The second kappa shape index (κ2) is 7.67. The molecule has 1 aliphatic rings. The van der Waals surface area contributed by atoms with Gasteiger partial charge in [0, 0.05) is 12.6 Å². The van der Waals surface area contributed by atoms with Crippen molar-refractivity contribution in [3.8, 4) is 0 Å². The number of hydrogen-bond donors (Lipinski definition) is 3. The summed E-state index contributed by atoms with van der Waals surface area (Å²) in [5.74, 6) is -3.41. The molecular weight excluding hydrogens is 322 g/mol. The second-order valence-electron chi connectivity index (χ2n) is 5.73. The zero-order valence-electron chi connectivity index (χ0n) is 13.2. The summed E-state index contributed by atoms with van der Waals surface area (Å²) in [6.07, 6.45) is -1.23. The Hall–Kier alpha value is -2.06. The number of nitrogens with zero attached hydrogens (tertiary/aromatic N) is 1. The van der Waals surface area contributed by atoms with Crippen LogP contribution in [0.2, 0.25) is 0 Å². The van der Waals surface area contributed by atoms with Crippen LogP contribution in [0.15, 0.2) is 18.2 Å². The molecule has 1 heterocycles. The van der Waals surface area contributed by atoms with Gasteiger partial charge in [0.05, 0.1) is 12.1 Å². The molecule has 0 bridgehead atoms. The maximum absolute atomic E-state index is 13.8. The molecular formula is C16H20F2N2O4. The minimum atomic E-state index is -1.47. The van der Waals surface area contributed by atoms with Gasteiger partial charge in [-0.3, -0.25) is 9.59 Å². The van der Waals surface area contributed by atoms with E-state index in [1.165, 1.54) is 0 Å². The van der Waals surface area contributed by atoms with Crippen LogP contribution in [0.1, 0.15) is 30.1 Å². The van der Waals surface area contributed by atoms with E-state index in [9.17, 15) is 28.6 Å². The van der Waals surface area contributed by atoms with Crippen LogP contribution in [-0.2, 0) is 4.79 Å². The number of likely N-dealkylation sites (tertiary alicyclic amines) is 1. The van der Waals surface area contributed by atoms with Crippen molar-refractivity contribution in [3.05, 3.63) is 35.4 Å². The molecule has 1 aromatic carbocycles. The summed E-state index contributed by atoms with van der Waals surface area (Å²) in [6.45, 7) is 1.98. The highest BCUT2D eigenvalue weighted by Crippen LogP contribution is 2.23. The SMILES string of the molecule is CCCCNC(=O)[C@@H]1[C@@H](O)[C@@H](O)CN1C(=O)c1ccc(F)cc1F. The van der Waals surface area contributed by atoms with Gasteiger partial charge in [-0.1, -0.05) is 13.3 Å². The Morgan fingerprint density at radius 2 is 2.04 bits per heavy atom. The molecule has 1 aromatic rings. The lowest BCUT2D eigenvalue weighted by molar-refractivity contribution is -0.128. The number of benzene rings is 1. The first-order chi connectivity index (χ1) is 11.4. The van der Waals surface area contributed by atoms with E-state index in [1.54, 1.807) is 0 Å². The Labute approximate surface area is 138 Å². The molecule has 0 saturated carbocycles. The first-order valence-electron chi connectivity index (χ1n) is 7.76. The van der Waals surface area contributed by atoms with E-state index in [2.05, 4.69) is 5.32 Å². The van der Waals surface area contributed by atoms with Gasteiger partial charge in [0.15, 0.2) is 0 Å². The molecule has 6 nitrogen and oxygen atoms in total. The lowest BCUT2D eigenvalue weighted by atomic mass is 10.1. The van der Waals surface area contributed by atoms with Crippen molar-refractivity contribution in [2.75, 3.05) is 13.1 Å². The van der Waals surface area contributed by atoms with E-state index < -0.39 is 47.3 Å². The number of β-amino-alcohol motifs (C(OH)–C–C–N with tert-alkyl or cyclic N) is 1. The molecule has 3 N–H and O–H groups in total. The third kappa shape index (κ3) is 3.70.